The van der Waals surface area contributed by atoms with Crippen molar-refractivity contribution in [2.24, 2.45) is 5.90 Å². The van der Waals surface area contributed by atoms with E-state index in [-0.39, 0.29) is 12.5 Å². The van der Waals surface area contributed by atoms with Crippen LogP contribution in [-0.4, -0.2) is 6.61 Å². The van der Waals surface area contributed by atoms with Crippen LogP contribution in [0.2, 0.25) is 0 Å². The smallest absolute Gasteiger partial charge is 0.304 e. The Kier molecular flexibility index (Phi) is 3.71. The van der Waals surface area contributed by atoms with Crippen molar-refractivity contribution in [3.05, 3.63) is 35.4 Å². The number of benzene rings is 1. The Morgan fingerprint density at radius 1 is 1.40 bits per heavy atom. The van der Waals surface area contributed by atoms with Crippen LogP contribution in [0.1, 0.15) is 24.0 Å². The first-order valence-corrected chi connectivity index (χ1v) is 4.44. The van der Waals surface area contributed by atoms with Crippen molar-refractivity contribution in [1.29, 1.82) is 0 Å². The minimum Gasteiger partial charge on any atom is -0.304 e. The predicted octanol–water partition coefficient (Wildman–Crippen LogP) is 2.70. The van der Waals surface area contributed by atoms with Crippen LogP contribution in [0.25, 0.3) is 0 Å². The summed E-state index contributed by atoms with van der Waals surface area (Å²) in [4.78, 5) is 4.40. The van der Waals surface area contributed by atoms with E-state index in [1.165, 1.54) is 6.07 Å². The van der Waals surface area contributed by atoms with Gasteiger partial charge < -0.3 is 4.84 Å². The van der Waals surface area contributed by atoms with Gasteiger partial charge in [0.05, 0.1) is 12.2 Å². The van der Waals surface area contributed by atoms with E-state index in [1.807, 2.05) is 0 Å². The topological polar surface area (TPSA) is 35.2 Å². The van der Waals surface area contributed by atoms with Crippen molar-refractivity contribution >= 4 is 0 Å². The van der Waals surface area contributed by atoms with Gasteiger partial charge in [-0.25, -0.2) is 5.90 Å². The monoisotopic (exact) mass is 219 g/mol. The van der Waals surface area contributed by atoms with Gasteiger partial charge in [-0.15, -0.1) is 0 Å². The fraction of sp³-hybridized carbons (Fsp3) is 0.400. The third-order valence-corrected chi connectivity index (χ3v) is 2.13. The van der Waals surface area contributed by atoms with Crippen molar-refractivity contribution in [2.45, 2.75) is 19.0 Å². The van der Waals surface area contributed by atoms with Crippen molar-refractivity contribution in [1.82, 2.24) is 0 Å². The number of rotatable bonds is 3. The molecule has 2 N–H and O–H groups in total. The zero-order valence-corrected chi connectivity index (χ0v) is 8.21. The van der Waals surface area contributed by atoms with E-state index in [4.69, 9.17) is 5.90 Å². The second kappa shape index (κ2) is 4.63. The third kappa shape index (κ3) is 3.21. The zero-order valence-electron chi connectivity index (χ0n) is 8.21. The lowest BCUT2D eigenvalue weighted by molar-refractivity contribution is -0.137. The summed E-state index contributed by atoms with van der Waals surface area (Å²) in [7, 11) is 0. The number of nitrogens with two attached hydrogens (primary N) is 1. The van der Waals surface area contributed by atoms with E-state index in [0.29, 0.717) is 5.56 Å². The quantitative estimate of drug-likeness (QED) is 0.793. The van der Waals surface area contributed by atoms with Gasteiger partial charge in [0.1, 0.15) is 0 Å². The van der Waals surface area contributed by atoms with Crippen LogP contribution in [0.4, 0.5) is 13.2 Å². The highest BCUT2D eigenvalue weighted by atomic mass is 19.4. The molecule has 0 bridgehead atoms. The summed E-state index contributed by atoms with van der Waals surface area (Å²) in [6, 6.07) is 5.16. The summed E-state index contributed by atoms with van der Waals surface area (Å²) in [5.74, 6) is 4.71. The fourth-order valence-electron chi connectivity index (χ4n) is 1.26. The first-order chi connectivity index (χ1) is 6.95. The number of alkyl halides is 3. The Labute approximate surface area is 85.8 Å². The highest BCUT2D eigenvalue weighted by molar-refractivity contribution is 5.27. The molecule has 0 aromatic heterocycles. The first kappa shape index (κ1) is 12.0. The van der Waals surface area contributed by atoms with Gasteiger partial charge in [0.25, 0.3) is 0 Å². The molecule has 0 spiro atoms. The Morgan fingerprint density at radius 3 is 2.60 bits per heavy atom. The second-order valence-electron chi connectivity index (χ2n) is 3.36. The molecule has 84 valence electrons. The van der Waals surface area contributed by atoms with Gasteiger partial charge in [-0.3, -0.25) is 0 Å². The van der Waals surface area contributed by atoms with Gasteiger partial charge in [0, 0.05) is 5.92 Å². The molecule has 0 aliphatic rings. The predicted molar refractivity (Wildman–Crippen MR) is 50.0 cm³/mol. The number of hydrogen-bond donors (Lipinski definition) is 1. The van der Waals surface area contributed by atoms with E-state index < -0.39 is 11.7 Å². The lowest BCUT2D eigenvalue weighted by atomic mass is 10.00. The fourth-order valence-corrected chi connectivity index (χ4v) is 1.26. The molecule has 1 aromatic rings. The van der Waals surface area contributed by atoms with Crippen molar-refractivity contribution in [2.75, 3.05) is 6.61 Å². The molecule has 2 nitrogen and oxygen atoms in total. The second-order valence-corrected chi connectivity index (χ2v) is 3.36. The van der Waals surface area contributed by atoms with Crippen LogP contribution in [0.3, 0.4) is 0 Å². The van der Waals surface area contributed by atoms with Crippen molar-refractivity contribution in [3.8, 4) is 0 Å². The molecule has 0 fully saturated rings. The molecule has 0 saturated carbocycles. The average molecular weight is 219 g/mol. The van der Waals surface area contributed by atoms with Crippen LogP contribution >= 0.6 is 0 Å². The molecule has 0 saturated heterocycles. The van der Waals surface area contributed by atoms with Gasteiger partial charge in [-0.2, -0.15) is 13.2 Å². The minimum absolute atomic E-state index is 0.155. The average Bonchev–Trinajstić information content (AvgIpc) is 2.17. The van der Waals surface area contributed by atoms with E-state index in [0.717, 1.165) is 12.1 Å². The van der Waals surface area contributed by atoms with Crippen molar-refractivity contribution in [3.63, 3.8) is 0 Å². The maximum Gasteiger partial charge on any atom is 0.416 e. The summed E-state index contributed by atoms with van der Waals surface area (Å²) in [6.45, 7) is 1.95. The maximum atomic E-state index is 12.4. The Morgan fingerprint density at radius 2 is 2.07 bits per heavy atom. The van der Waals surface area contributed by atoms with Crippen molar-refractivity contribution < 1.29 is 18.0 Å². The normalized spacial score (nSPS) is 13.9. The molecule has 1 aromatic carbocycles. The molecule has 1 rings (SSSR count). The van der Waals surface area contributed by atoms with E-state index in [9.17, 15) is 13.2 Å². The molecule has 1 unspecified atom stereocenters. The molecule has 0 aliphatic carbocycles. The van der Waals surface area contributed by atoms with E-state index in [1.54, 1.807) is 13.0 Å². The van der Waals surface area contributed by atoms with Gasteiger partial charge in [-0.1, -0.05) is 25.1 Å². The maximum absolute atomic E-state index is 12.4. The standard InChI is InChI=1S/C10H12F3NO/c1-7(6-15-14)8-3-2-4-9(5-8)10(11,12)13/h2-5,7H,6,14H2,1H3. The van der Waals surface area contributed by atoms with E-state index >= 15 is 0 Å². The van der Waals surface area contributed by atoms with Gasteiger partial charge in [0.15, 0.2) is 0 Å². The minimum atomic E-state index is -4.31. The Balaban J connectivity index is 2.92. The summed E-state index contributed by atoms with van der Waals surface area (Å²) in [5, 5.41) is 0. The lowest BCUT2D eigenvalue weighted by Crippen LogP contribution is -2.10. The van der Waals surface area contributed by atoms with Crippen LogP contribution in [-0.2, 0) is 11.0 Å². The molecule has 0 aliphatic heterocycles. The van der Waals surface area contributed by atoms with Crippen LogP contribution < -0.4 is 5.90 Å². The summed E-state index contributed by atoms with van der Waals surface area (Å²) < 4.78 is 37.1. The van der Waals surface area contributed by atoms with E-state index in [2.05, 4.69) is 4.84 Å². The molecule has 0 amide bonds. The first-order valence-electron chi connectivity index (χ1n) is 4.44. The lowest BCUT2D eigenvalue weighted by Gasteiger charge is -2.13. The summed E-state index contributed by atoms with van der Waals surface area (Å²) in [5.41, 5.74) is -0.0841. The van der Waals surface area contributed by atoms with Gasteiger partial charge >= 0.3 is 6.18 Å². The molecule has 5 heteroatoms. The Bertz CT molecular complexity index is 325. The van der Waals surface area contributed by atoms with Gasteiger partial charge in [0.2, 0.25) is 0 Å². The zero-order chi connectivity index (χ0) is 11.5. The largest absolute Gasteiger partial charge is 0.416 e. The van der Waals surface area contributed by atoms with Crippen LogP contribution in [0, 0.1) is 0 Å². The molecular formula is C10H12F3NO. The highest BCUT2D eigenvalue weighted by Gasteiger charge is 2.30. The highest BCUT2D eigenvalue weighted by Crippen LogP contribution is 2.30. The SMILES string of the molecule is CC(CON)c1cccc(C(F)(F)F)c1. The third-order valence-electron chi connectivity index (χ3n) is 2.13. The summed E-state index contributed by atoms with van der Waals surface area (Å²) in [6.07, 6.45) is -4.31. The van der Waals surface area contributed by atoms with Gasteiger partial charge in [-0.05, 0) is 11.6 Å². The van der Waals surface area contributed by atoms with Crippen LogP contribution in [0.5, 0.6) is 0 Å². The number of hydrogen-bond acceptors (Lipinski definition) is 2. The summed E-state index contributed by atoms with van der Waals surface area (Å²) >= 11 is 0. The molecular weight excluding hydrogens is 207 g/mol. The molecule has 0 radical (unpaired) electrons. The number of halogens is 3. The molecule has 0 heterocycles. The molecule has 15 heavy (non-hydrogen) atoms. The molecule has 1 atom stereocenters. The Hall–Kier alpha value is -1.07. The van der Waals surface area contributed by atoms with Crippen LogP contribution in [0.15, 0.2) is 24.3 Å².